The molecule has 0 aliphatic carbocycles. The summed E-state index contributed by atoms with van der Waals surface area (Å²) in [5.74, 6) is 0.430. The minimum atomic E-state index is 0.0389. The Kier molecular flexibility index (Phi) is 4.60. The summed E-state index contributed by atoms with van der Waals surface area (Å²) in [6.07, 6.45) is 4.66. The average Bonchev–Trinajstić information content (AvgIpc) is 2.74. The van der Waals surface area contributed by atoms with Gasteiger partial charge in [-0.15, -0.1) is 0 Å². The van der Waals surface area contributed by atoms with Crippen LogP contribution >= 0.6 is 11.3 Å². The zero-order valence-corrected chi connectivity index (χ0v) is 13.1. The third-order valence-corrected chi connectivity index (χ3v) is 5.21. The summed E-state index contributed by atoms with van der Waals surface area (Å²) in [6, 6.07) is 0. The van der Waals surface area contributed by atoms with Crippen molar-refractivity contribution in [1.29, 1.82) is 0 Å². The van der Waals surface area contributed by atoms with Crippen molar-refractivity contribution in [1.82, 2.24) is 15.2 Å². The third kappa shape index (κ3) is 3.29. The fourth-order valence-corrected chi connectivity index (χ4v) is 3.89. The molecule has 3 N–H and O–H groups in total. The smallest absolute Gasteiger partial charge is 0.267 e. The number of nitrogen functional groups attached to an aromatic ring is 1. The van der Waals surface area contributed by atoms with Crippen LogP contribution in [0.4, 0.5) is 10.9 Å². The SMILES string of the molecule is Nc1nc(N2CCCCC2)sc1C(=O)N1CCCNCC1. The van der Waals surface area contributed by atoms with Crippen molar-refractivity contribution >= 4 is 28.2 Å². The van der Waals surface area contributed by atoms with Gasteiger partial charge in [0.05, 0.1) is 0 Å². The quantitative estimate of drug-likeness (QED) is 0.857. The number of carbonyl (C=O) groups is 1. The summed E-state index contributed by atoms with van der Waals surface area (Å²) in [7, 11) is 0. The summed E-state index contributed by atoms with van der Waals surface area (Å²) in [5, 5.41) is 4.22. The van der Waals surface area contributed by atoms with Crippen LogP contribution in [0.1, 0.15) is 35.4 Å². The lowest BCUT2D eigenvalue weighted by Gasteiger charge is -2.25. The lowest BCUT2D eigenvalue weighted by molar-refractivity contribution is 0.0772. The lowest BCUT2D eigenvalue weighted by Crippen LogP contribution is -2.34. The number of hydrogen-bond donors (Lipinski definition) is 2. The minimum Gasteiger partial charge on any atom is -0.382 e. The van der Waals surface area contributed by atoms with Crippen LogP contribution in [0.25, 0.3) is 0 Å². The monoisotopic (exact) mass is 309 g/mol. The summed E-state index contributed by atoms with van der Waals surface area (Å²) in [4.78, 5) is 21.8. The van der Waals surface area contributed by atoms with Crippen LogP contribution in [0.15, 0.2) is 0 Å². The molecule has 2 aliphatic heterocycles. The Morgan fingerprint density at radius 3 is 2.71 bits per heavy atom. The maximum Gasteiger partial charge on any atom is 0.267 e. The molecule has 0 bridgehead atoms. The Bertz CT molecular complexity index is 490. The molecule has 21 heavy (non-hydrogen) atoms. The highest BCUT2D eigenvalue weighted by Gasteiger charge is 2.25. The number of amides is 1. The molecule has 0 spiro atoms. The number of nitrogens with zero attached hydrogens (tertiary/aromatic N) is 3. The van der Waals surface area contributed by atoms with Crippen molar-refractivity contribution in [3.8, 4) is 0 Å². The Morgan fingerprint density at radius 2 is 1.90 bits per heavy atom. The number of thiazole rings is 1. The first kappa shape index (κ1) is 14.6. The zero-order valence-electron chi connectivity index (χ0n) is 12.3. The van der Waals surface area contributed by atoms with E-state index in [-0.39, 0.29) is 5.91 Å². The van der Waals surface area contributed by atoms with Crippen molar-refractivity contribution in [3.05, 3.63) is 4.88 Å². The molecule has 3 rings (SSSR count). The van der Waals surface area contributed by atoms with Crippen LogP contribution in [-0.4, -0.2) is 55.1 Å². The summed E-state index contributed by atoms with van der Waals surface area (Å²) >= 11 is 1.45. The van der Waals surface area contributed by atoms with Gasteiger partial charge in [-0.3, -0.25) is 4.79 Å². The van der Waals surface area contributed by atoms with Gasteiger partial charge in [0.15, 0.2) is 5.13 Å². The molecule has 3 heterocycles. The van der Waals surface area contributed by atoms with Crippen molar-refractivity contribution in [2.24, 2.45) is 0 Å². The van der Waals surface area contributed by atoms with Crippen LogP contribution in [0.2, 0.25) is 0 Å². The fraction of sp³-hybridized carbons (Fsp3) is 0.714. The minimum absolute atomic E-state index is 0.0389. The van der Waals surface area contributed by atoms with E-state index in [1.54, 1.807) is 0 Å². The summed E-state index contributed by atoms with van der Waals surface area (Å²) < 4.78 is 0. The summed E-state index contributed by atoms with van der Waals surface area (Å²) in [5.41, 5.74) is 6.00. The molecule has 0 aromatic carbocycles. The largest absolute Gasteiger partial charge is 0.382 e. The van der Waals surface area contributed by atoms with Gasteiger partial charge in [-0.2, -0.15) is 0 Å². The van der Waals surface area contributed by atoms with Gasteiger partial charge in [0.25, 0.3) is 5.91 Å². The van der Waals surface area contributed by atoms with E-state index in [4.69, 9.17) is 5.73 Å². The van der Waals surface area contributed by atoms with E-state index in [9.17, 15) is 4.79 Å². The molecule has 0 unspecified atom stereocenters. The molecular formula is C14H23N5OS. The number of nitrogens with one attached hydrogen (secondary N) is 1. The Labute approximate surface area is 129 Å². The molecule has 1 aromatic rings. The standard InChI is InChI=1S/C14H23N5OS/c15-12-11(13(20)18-9-4-5-16-6-10-18)21-14(17-12)19-7-2-1-3-8-19/h16H,1-10,15H2. The van der Waals surface area contributed by atoms with Crippen LogP contribution in [0.5, 0.6) is 0 Å². The predicted octanol–water partition coefficient (Wildman–Crippen LogP) is 1.15. The van der Waals surface area contributed by atoms with E-state index in [1.807, 2.05) is 4.90 Å². The molecule has 1 aromatic heterocycles. The highest BCUT2D eigenvalue weighted by molar-refractivity contribution is 7.18. The van der Waals surface area contributed by atoms with E-state index in [0.717, 1.165) is 50.8 Å². The summed E-state index contributed by atoms with van der Waals surface area (Å²) in [6.45, 7) is 5.41. The molecule has 1 amide bonds. The number of nitrogens with two attached hydrogens (primary N) is 1. The predicted molar refractivity (Wildman–Crippen MR) is 86.0 cm³/mol. The molecule has 7 heteroatoms. The number of aromatic nitrogens is 1. The van der Waals surface area contributed by atoms with E-state index in [1.165, 1.54) is 30.6 Å². The molecule has 0 saturated carbocycles. The normalized spacial score (nSPS) is 20.4. The second-order valence-corrected chi connectivity index (χ2v) is 6.63. The van der Waals surface area contributed by atoms with Gasteiger partial charge >= 0.3 is 0 Å². The van der Waals surface area contributed by atoms with Gasteiger partial charge in [-0.25, -0.2) is 4.98 Å². The second kappa shape index (κ2) is 6.62. The first-order valence-corrected chi connectivity index (χ1v) is 8.58. The number of piperidine rings is 1. The average molecular weight is 309 g/mol. The molecule has 2 fully saturated rings. The molecule has 116 valence electrons. The molecular weight excluding hydrogens is 286 g/mol. The maximum atomic E-state index is 12.6. The second-order valence-electron chi connectivity index (χ2n) is 5.65. The first-order chi connectivity index (χ1) is 10.3. The maximum absolute atomic E-state index is 12.6. The molecule has 0 radical (unpaired) electrons. The number of carbonyl (C=O) groups excluding carboxylic acids is 1. The van der Waals surface area contributed by atoms with Crippen molar-refractivity contribution < 1.29 is 4.79 Å². The molecule has 6 nitrogen and oxygen atoms in total. The Hall–Kier alpha value is -1.34. The van der Waals surface area contributed by atoms with E-state index >= 15 is 0 Å². The van der Waals surface area contributed by atoms with Crippen molar-refractivity contribution in [2.45, 2.75) is 25.7 Å². The van der Waals surface area contributed by atoms with Gasteiger partial charge in [-0.1, -0.05) is 11.3 Å². The van der Waals surface area contributed by atoms with Crippen molar-refractivity contribution in [2.75, 3.05) is 49.9 Å². The molecule has 2 saturated heterocycles. The van der Waals surface area contributed by atoms with Gasteiger partial charge in [0, 0.05) is 32.7 Å². The number of rotatable bonds is 2. The Balaban J connectivity index is 1.74. The van der Waals surface area contributed by atoms with Gasteiger partial charge in [0.2, 0.25) is 0 Å². The van der Waals surface area contributed by atoms with Crippen LogP contribution < -0.4 is 16.0 Å². The number of hydrogen-bond acceptors (Lipinski definition) is 6. The number of anilines is 2. The molecule has 2 aliphatic rings. The van der Waals surface area contributed by atoms with E-state index < -0.39 is 0 Å². The van der Waals surface area contributed by atoms with Gasteiger partial charge in [0.1, 0.15) is 10.7 Å². The topological polar surface area (TPSA) is 74.5 Å². The Morgan fingerprint density at radius 1 is 1.10 bits per heavy atom. The lowest BCUT2D eigenvalue weighted by atomic mass is 10.1. The van der Waals surface area contributed by atoms with E-state index in [2.05, 4.69) is 15.2 Å². The van der Waals surface area contributed by atoms with Gasteiger partial charge in [-0.05, 0) is 32.2 Å². The highest BCUT2D eigenvalue weighted by atomic mass is 32.1. The highest BCUT2D eigenvalue weighted by Crippen LogP contribution is 2.31. The van der Waals surface area contributed by atoms with Crippen LogP contribution in [0.3, 0.4) is 0 Å². The van der Waals surface area contributed by atoms with Crippen LogP contribution in [-0.2, 0) is 0 Å². The first-order valence-electron chi connectivity index (χ1n) is 7.77. The molecule has 0 atom stereocenters. The van der Waals surface area contributed by atoms with Crippen molar-refractivity contribution in [3.63, 3.8) is 0 Å². The van der Waals surface area contributed by atoms with Gasteiger partial charge < -0.3 is 20.9 Å². The zero-order chi connectivity index (χ0) is 14.7. The van der Waals surface area contributed by atoms with E-state index in [0.29, 0.717) is 10.7 Å². The van der Waals surface area contributed by atoms with Crippen LogP contribution in [0, 0.1) is 0 Å². The third-order valence-electron chi connectivity index (χ3n) is 4.09. The fourth-order valence-electron chi connectivity index (χ4n) is 2.89.